The molecule has 0 aliphatic rings. The van der Waals surface area contributed by atoms with Gasteiger partial charge in [0.15, 0.2) is 0 Å². The summed E-state index contributed by atoms with van der Waals surface area (Å²) in [4.78, 5) is 0. The first kappa shape index (κ1) is 12.4. The molecule has 0 fully saturated rings. The minimum absolute atomic E-state index is 0.0767. The van der Waals surface area contributed by atoms with E-state index in [0.29, 0.717) is 5.69 Å². The van der Waals surface area contributed by atoms with E-state index in [2.05, 4.69) is 0 Å². The average Bonchev–Trinajstić information content (AvgIpc) is 2.30. The Bertz CT molecular complexity index is 552. The maximum atomic E-state index is 13.1. The van der Waals surface area contributed by atoms with Gasteiger partial charge in [-0.15, -0.1) is 0 Å². The number of halogens is 1. The number of hydrogen-bond acceptors (Lipinski definition) is 2. The van der Waals surface area contributed by atoms with Gasteiger partial charge in [0.05, 0.1) is 6.10 Å². The molecule has 0 atom stereocenters. The lowest BCUT2D eigenvalue weighted by atomic mass is 10.0. The number of nitrogens with two attached hydrogens (primary N) is 1. The lowest BCUT2D eigenvalue weighted by Gasteiger charge is -2.15. The molecule has 2 aromatic carbocycles. The summed E-state index contributed by atoms with van der Waals surface area (Å²) in [5, 5.41) is 0. The van der Waals surface area contributed by atoms with Crippen molar-refractivity contribution >= 4 is 5.69 Å². The SMILES string of the molecule is CC(C)Oc1ccccc1-c1ccc(F)cc1N. The number of anilines is 1. The molecule has 0 saturated heterocycles. The van der Waals surface area contributed by atoms with E-state index in [1.807, 2.05) is 38.1 Å². The highest BCUT2D eigenvalue weighted by atomic mass is 19.1. The van der Waals surface area contributed by atoms with Crippen LogP contribution in [-0.2, 0) is 0 Å². The molecule has 2 rings (SSSR count). The Hall–Kier alpha value is -2.03. The van der Waals surface area contributed by atoms with Crippen molar-refractivity contribution in [2.24, 2.45) is 0 Å². The predicted octanol–water partition coefficient (Wildman–Crippen LogP) is 3.86. The molecular formula is C15H16FNO. The number of hydrogen-bond donors (Lipinski definition) is 1. The molecule has 2 N–H and O–H groups in total. The summed E-state index contributed by atoms with van der Waals surface area (Å²) in [6.07, 6.45) is 0.0767. The van der Waals surface area contributed by atoms with Gasteiger partial charge in [0.25, 0.3) is 0 Å². The highest BCUT2D eigenvalue weighted by molar-refractivity contribution is 5.80. The summed E-state index contributed by atoms with van der Waals surface area (Å²) in [6.45, 7) is 3.93. The molecule has 0 bridgehead atoms. The number of para-hydroxylation sites is 1. The van der Waals surface area contributed by atoms with Crippen LogP contribution in [0.4, 0.5) is 10.1 Å². The van der Waals surface area contributed by atoms with E-state index in [1.165, 1.54) is 12.1 Å². The van der Waals surface area contributed by atoms with Crippen molar-refractivity contribution in [2.45, 2.75) is 20.0 Å². The molecule has 0 radical (unpaired) electrons. The van der Waals surface area contributed by atoms with E-state index in [0.717, 1.165) is 16.9 Å². The van der Waals surface area contributed by atoms with Gasteiger partial charge in [-0.1, -0.05) is 18.2 Å². The lowest BCUT2D eigenvalue weighted by molar-refractivity contribution is 0.243. The normalized spacial score (nSPS) is 10.7. The van der Waals surface area contributed by atoms with Gasteiger partial charge in [-0.25, -0.2) is 4.39 Å². The van der Waals surface area contributed by atoms with Gasteiger partial charge in [0, 0.05) is 16.8 Å². The third-order valence-corrected chi connectivity index (χ3v) is 2.55. The third kappa shape index (κ3) is 2.62. The van der Waals surface area contributed by atoms with E-state index in [1.54, 1.807) is 6.07 Å². The van der Waals surface area contributed by atoms with Crippen LogP contribution < -0.4 is 10.5 Å². The average molecular weight is 245 g/mol. The Morgan fingerprint density at radius 2 is 1.78 bits per heavy atom. The molecule has 18 heavy (non-hydrogen) atoms. The van der Waals surface area contributed by atoms with Crippen LogP contribution in [0.2, 0.25) is 0 Å². The van der Waals surface area contributed by atoms with Crippen molar-refractivity contribution in [3.8, 4) is 16.9 Å². The zero-order valence-electron chi connectivity index (χ0n) is 10.5. The minimum Gasteiger partial charge on any atom is -0.490 e. The molecule has 0 unspecified atom stereocenters. The number of benzene rings is 2. The number of ether oxygens (including phenoxy) is 1. The monoisotopic (exact) mass is 245 g/mol. The Kier molecular flexibility index (Phi) is 3.51. The van der Waals surface area contributed by atoms with Crippen LogP contribution in [0.1, 0.15) is 13.8 Å². The van der Waals surface area contributed by atoms with Crippen LogP contribution in [0.3, 0.4) is 0 Å². The molecule has 0 saturated carbocycles. The first-order chi connectivity index (χ1) is 8.58. The molecule has 0 amide bonds. The van der Waals surface area contributed by atoms with Crippen molar-refractivity contribution in [1.82, 2.24) is 0 Å². The van der Waals surface area contributed by atoms with E-state index >= 15 is 0 Å². The van der Waals surface area contributed by atoms with Gasteiger partial charge >= 0.3 is 0 Å². The molecule has 0 aliphatic carbocycles. The van der Waals surface area contributed by atoms with Crippen molar-refractivity contribution < 1.29 is 9.13 Å². The van der Waals surface area contributed by atoms with Gasteiger partial charge in [0.1, 0.15) is 11.6 Å². The van der Waals surface area contributed by atoms with Gasteiger partial charge < -0.3 is 10.5 Å². The first-order valence-corrected chi connectivity index (χ1v) is 5.89. The van der Waals surface area contributed by atoms with Crippen LogP contribution >= 0.6 is 0 Å². The Balaban J connectivity index is 2.49. The molecule has 3 heteroatoms. The maximum absolute atomic E-state index is 13.1. The molecule has 2 nitrogen and oxygen atoms in total. The van der Waals surface area contributed by atoms with Crippen molar-refractivity contribution in [1.29, 1.82) is 0 Å². The van der Waals surface area contributed by atoms with Crippen molar-refractivity contribution in [3.63, 3.8) is 0 Å². The number of rotatable bonds is 3. The third-order valence-electron chi connectivity index (χ3n) is 2.55. The molecule has 0 aromatic heterocycles. The van der Waals surface area contributed by atoms with E-state index in [9.17, 15) is 4.39 Å². The van der Waals surface area contributed by atoms with Crippen molar-refractivity contribution in [3.05, 3.63) is 48.3 Å². The van der Waals surface area contributed by atoms with E-state index in [-0.39, 0.29) is 11.9 Å². The smallest absolute Gasteiger partial charge is 0.127 e. The van der Waals surface area contributed by atoms with Gasteiger partial charge in [0.2, 0.25) is 0 Å². The minimum atomic E-state index is -0.335. The van der Waals surface area contributed by atoms with Crippen LogP contribution in [0, 0.1) is 5.82 Å². The highest BCUT2D eigenvalue weighted by Crippen LogP contribution is 2.34. The highest BCUT2D eigenvalue weighted by Gasteiger charge is 2.10. The largest absolute Gasteiger partial charge is 0.490 e. The van der Waals surface area contributed by atoms with Gasteiger partial charge in [-0.05, 0) is 38.1 Å². The van der Waals surface area contributed by atoms with Gasteiger partial charge in [-0.2, -0.15) is 0 Å². The fourth-order valence-electron chi connectivity index (χ4n) is 1.82. The fourth-order valence-corrected chi connectivity index (χ4v) is 1.82. The predicted molar refractivity (Wildman–Crippen MR) is 72.0 cm³/mol. The molecule has 2 aromatic rings. The van der Waals surface area contributed by atoms with Crippen LogP contribution in [0.25, 0.3) is 11.1 Å². The Morgan fingerprint density at radius 3 is 2.44 bits per heavy atom. The van der Waals surface area contributed by atoms with E-state index < -0.39 is 0 Å². The first-order valence-electron chi connectivity index (χ1n) is 5.89. The summed E-state index contributed by atoms with van der Waals surface area (Å²) in [5.74, 6) is 0.421. The van der Waals surface area contributed by atoms with Crippen LogP contribution in [0.5, 0.6) is 5.75 Å². The molecule has 0 aliphatic heterocycles. The zero-order chi connectivity index (χ0) is 13.1. The van der Waals surface area contributed by atoms with Crippen LogP contribution in [0.15, 0.2) is 42.5 Å². The number of nitrogen functional groups attached to an aromatic ring is 1. The fraction of sp³-hybridized carbons (Fsp3) is 0.200. The summed E-state index contributed by atoms with van der Waals surface area (Å²) < 4.78 is 18.8. The Labute approximate surface area is 106 Å². The summed E-state index contributed by atoms with van der Waals surface area (Å²) in [6, 6.07) is 12.0. The zero-order valence-corrected chi connectivity index (χ0v) is 10.5. The molecular weight excluding hydrogens is 229 g/mol. The maximum Gasteiger partial charge on any atom is 0.127 e. The molecule has 0 heterocycles. The van der Waals surface area contributed by atoms with Crippen molar-refractivity contribution in [2.75, 3.05) is 5.73 Å². The second-order valence-corrected chi connectivity index (χ2v) is 4.39. The quantitative estimate of drug-likeness (QED) is 0.833. The Morgan fingerprint density at radius 1 is 1.06 bits per heavy atom. The standard InChI is InChI=1S/C15H16FNO/c1-10(2)18-15-6-4-3-5-13(15)12-8-7-11(16)9-14(12)17/h3-10H,17H2,1-2H3. The van der Waals surface area contributed by atoms with Crippen LogP contribution in [-0.4, -0.2) is 6.10 Å². The lowest BCUT2D eigenvalue weighted by Crippen LogP contribution is -2.06. The molecule has 94 valence electrons. The van der Waals surface area contributed by atoms with E-state index in [4.69, 9.17) is 10.5 Å². The molecule has 0 spiro atoms. The second kappa shape index (κ2) is 5.08. The summed E-state index contributed by atoms with van der Waals surface area (Å²) >= 11 is 0. The van der Waals surface area contributed by atoms with Gasteiger partial charge in [-0.3, -0.25) is 0 Å². The second-order valence-electron chi connectivity index (χ2n) is 4.39. The summed E-state index contributed by atoms with van der Waals surface area (Å²) in [5.41, 5.74) is 7.93. The topological polar surface area (TPSA) is 35.2 Å². The summed E-state index contributed by atoms with van der Waals surface area (Å²) in [7, 11) is 0.